The molecule has 0 nitrogen and oxygen atoms in total. The van der Waals surface area contributed by atoms with Gasteiger partial charge in [-0.25, -0.2) is 0 Å². The fourth-order valence-electron chi connectivity index (χ4n) is 4.20. The van der Waals surface area contributed by atoms with E-state index in [0.717, 1.165) is 6.42 Å². The topological polar surface area (TPSA) is 0 Å². The van der Waals surface area contributed by atoms with Gasteiger partial charge in [0.25, 0.3) is 0 Å². The molecule has 0 fully saturated rings. The van der Waals surface area contributed by atoms with E-state index in [0.29, 0.717) is 11.8 Å². The van der Waals surface area contributed by atoms with Gasteiger partial charge in [-0.3, -0.25) is 0 Å². The minimum atomic E-state index is 0.499. The Hall–Kier alpha value is -2.34. The first-order chi connectivity index (χ1) is 10.3. The van der Waals surface area contributed by atoms with E-state index in [-0.39, 0.29) is 0 Å². The van der Waals surface area contributed by atoms with Gasteiger partial charge in [-0.1, -0.05) is 61.3 Å². The Morgan fingerprint density at radius 2 is 1.95 bits per heavy atom. The summed E-state index contributed by atoms with van der Waals surface area (Å²) in [6.45, 7) is 4.30. The van der Waals surface area contributed by atoms with E-state index < -0.39 is 0 Å². The lowest BCUT2D eigenvalue weighted by Gasteiger charge is -2.37. The number of rotatable bonds is 0. The van der Waals surface area contributed by atoms with Crippen LogP contribution in [0.15, 0.2) is 54.7 Å². The van der Waals surface area contributed by atoms with Crippen LogP contribution < -0.4 is 0 Å². The molecule has 5 rings (SSSR count). The van der Waals surface area contributed by atoms with E-state index in [1.54, 1.807) is 0 Å². The maximum absolute atomic E-state index is 4.30. The molecule has 0 heterocycles. The second kappa shape index (κ2) is 3.85. The molecule has 1 aromatic carbocycles. The van der Waals surface area contributed by atoms with Crippen LogP contribution in [0.25, 0.3) is 23.8 Å². The molecule has 1 aromatic rings. The summed E-state index contributed by atoms with van der Waals surface area (Å²) in [5.74, 6) is 1.01. The maximum atomic E-state index is 4.30. The van der Waals surface area contributed by atoms with Crippen molar-refractivity contribution in [2.75, 3.05) is 0 Å². The van der Waals surface area contributed by atoms with Crippen molar-refractivity contribution in [2.24, 2.45) is 5.92 Å². The Morgan fingerprint density at radius 1 is 1.00 bits per heavy atom. The molecule has 0 aromatic heterocycles. The number of hydrogen-bond donors (Lipinski definition) is 0. The number of allylic oxidation sites excluding steroid dienone is 8. The Bertz CT molecular complexity index is 837. The number of hydrogen-bond acceptors (Lipinski definition) is 0. The third-order valence-corrected chi connectivity index (χ3v) is 5.10. The van der Waals surface area contributed by atoms with E-state index >= 15 is 0 Å². The van der Waals surface area contributed by atoms with E-state index in [9.17, 15) is 0 Å². The average molecular weight is 268 g/mol. The molecule has 0 aliphatic heterocycles. The highest BCUT2D eigenvalue weighted by atomic mass is 14.4. The normalized spacial score (nSPS) is 26.5. The standard InChI is InChI=1S/C21H16/c1-13-4-2-7-16-12-17-9-8-14-5-3-6-15-10-11-18(19(13)16)21(17)20(14)15/h2-3,5-12,14,20H,1,4H2. The molecule has 0 saturated carbocycles. The number of benzene rings is 1. The first-order valence-electron chi connectivity index (χ1n) is 7.63. The summed E-state index contributed by atoms with van der Waals surface area (Å²) in [6.07, 6.45) is 21.5. The summed E-state index contributed by atoms with van der Waals surface area (Å²) in [6, 6.07) is 2.34. The van der Waals surface area contributed by atoms with Crippen LogP contribution in [0.2, 0.25) is 0 Å². The van der Waals surface area contributed by atoms with Crippen molar-refractivity contribution in [1.82, 2.24) is 0 Å². The van der Waals surface area contributed by atoms with Crippen molar-refractivity contribution in [3.63, 3.8) is 0 Å². The number of fused-ring (bicyclic) bond motifs is 2. The van der Waals surface area contributed by atoms with Crippen molar-refractivity contribution in [2.45, 2.75) is 12.3 Å². The Morgan fingerprint density at radius 3 is 2.90 bits per heavy atom. The molecule has 0 amide bonds. The third kappa shape index (κ3) is 1.40. The van der Waals surface area contributed by atoms with Gasteiger partial charge in [0.2, 0.25) is 0 Å². The monoisotopic (exact) mass is 268 g/mol. The molecule has 2 atom stereocenters. The SMILES string of the molecule is C=C1CC=Cc2cc3c4c(c21)C=CC1=CC=CC(C=C3)C14. The van der Waals surface area contributed by atoms with E-state index in [1.165, 1.54) is 39.0 Å². The van der Waals surface area contributed by atoms with E-state index in [4.69, 9.17) is 0 Å². The van der Waals surface area contributed by atoms with Crippen molar-refractivity contribution in [3.8, 4) is 0 Å². The van der Waals surface area contributed by atoms with Crippen molar-refractivity contribution < 1.29 is 0 Å². The third-order valence-electron chi connectivity index (χ3n) is 5.10. The fraction of sp³-hybridized carbons (Fsp3) is 0.143. The fourth-order valence-corrected chi connectivity index (χ4v) is 4.20. The van der Waals surface area contributed by atoms with Crippen LogP contribution in [0.5, 0.6) is 0 Å². The van der Waals surface area contributed by atoms with Crippen LogP contribution in [-0.2, 0) is 0 Å². The summed E-state index contributed by atoms with van der Waals surface area (Å²) < 4.78 is 0. The molecule has 4 aliphatic rings. The van der Waals surface area contributed by atoms with Crippen molar-refractivity contribution in [1.29, 1.82) is 0 Å². The second-order valence-corrected chi connectivity index (χ2v) is 6.27. The lowest BCUT2D eigenvalue weighted by Crippen LogP contribution is -2.22. The van der Waals surface area contributed by atoms with Crippen molar-refractivity contribution >= 4 is 23.8 Å². The highest BCUT2D eigenvalue weighted by Crippen LogP contribution is 2.50. The zero-order valence-electron chi connectivity index (χ0n) is 11.8. The predicted molar refractivity (Wildman–Crippen MR) is 90.6 cm³/mol. The molecule has 0 heteroatoms. The molecule has 21 heavy (non-hydrogen) atoms. The van der Waals surface area contributed by atoms with Crippen molar-refractivity contribution in [3.05, 3.63) is 82.5 Å². The van der Waals surface area contributed by atoms with Crippen LogP contribution in [0.3, 0.4) is 0 Å². The van der Waals surface area contributed by atoms with Gasteiger partial charge in [-0.2, -0.15) is 0 Å². The minimum Gasteiger partial charge on any atom is -0.0949 e. The maximum Gasteiger partial charge on any atom is 0.0199 e. The Balaban J connectivity index is 1.89. The second-order valence-electron chi connectivity index (χ2n) is 6.27. The van der Waals surface area contributed by atoms with Crippen LogP contribution in [0.4, 0.5) is 0 Å². The molecule has 0 bridgehead atoms. The Kier molecular flexibility index (Phi) is 2.08. The summed E-state index contributed by atoms with van der Waals surface area (Å²) in [5, 5.41) is 0. The molecule has 0 N–H and O–H groups in total. The summed E-state index contributed by atoms with van der Waals surface area (Å²) in [4.78, 5) is 0. The van der Waals surface area contributed by atoms with Gasteiger partial charge in [0.1, 0.15) is 0 Å². The van der Waals surface area contributed by atoms with Gasteiger partial charge >= 0.3 is 0 Å². The molecule has 0 spiro atoms. The summed E-state index contributed by atoms with van der Waals surface area (Å²) in [5.41, 5.74) is 9.69. The van der Waals surface area contributed by atoms with Gasteiger partial charge in [0, 0.05) is 11.8 Å². The zero-order valence-corrected chi connectivity index (χ0v) is 11.8. The molecule has 2 unspecified atom stereocenters. The van der Waals surface area contributed by atoms with Crippen LogP contribution >= 0.6 is 0 Å². The van der Waals surface area contributed by atoms with E-state index in [1.807, 2.05) is 0 Å². The minimum absolute atomic E-state index is 0.499. The zero-order chi connectivity index (χ0) is 14.0. The molecular formula is C21H16. The molecule has 0 radical (unpaired) electrons. The molecular weight excluding hydrogens is 252 g/mol. The highest BCUT2D eigenvalue weighted by molar-refractivity contribution is 5.89. The summed E-state index contributed by atoms with van der Waals surface area (Å²) >= 11 is 0. The van der Waals surface area contributed by atoms with Crippen LogP contribution in [0, 0.1) is 5.92 Å². The lowest BCUT2D eigenvalue weighted by atomic mass is 9.67. The smallest absolute Gasteiger partial charge is 0.0199 e. The van der Waals surface area contributed by atoms with Crippen LogP contribution in [-0.4, -0.2) is 0 Å². The Labute approximate surface area is 125 Å². The van der Waals surface area contributed by atoms with Gasteiger partial charge in [0.05, 0.1) is 0 Å². The highest BCUT2D eigenvalue weighted by Gasteiger charge is 2.34. The quantitative estimate of drug-likeness (QED) is 0.593. The lowest BCUT2D eigenvalue weighted by molar-refractivity contribution is 0.664. The first-order valence-corrected chi connectivity index (χ1v) is 7.63. The average Bonchev–Trinajstić information content (AvgIpc) is 2.52. The predicted octanol–water partition coefficient (Wildman–Crippen LogP) is 5.37. The molecule has 0 saturated heterocycles. The van der Waals surface area contributed by atoms with Gasteiger partial charge in [-0.05, 0) is 51.5 Å². The summed E-state index contributed by atoms with van der Waals surface area (Å²) in [7, 11) is 0. The first kappa shape index (κ1) is 11.3. The van der Waals surface area contributed by atoms with Gasteiger partial charge in [-0.15, -0.1) is 0 Å². The van der Waals surface area contributed by atoms with Gasteiger partial charge in [0.15, 0.2) is 0 Å². The molecule has 4 aliphatic carbocycles. The van der Waals surface area contributed by atoms with Crippen LogP contribution in [0.1, 0.15) is 40.2 Å². The van der Waals surface area contributed by atoms with E-state index in [2.05, 4.69) is 67.3 Å². The van der Waals surface area contributed by atoms with Gasteiger partial charge < -0.3 is 0 Å². The largest absolute Gasteiger partial charge is 0.0949 e. The molecule has 100 valence electrons.